The van der Waals surface area contributed by atoms with Crippen molar-refractivity contribution in [3.63, 3.8) is 0 Å². The van der Waals surface area contributed by atoms with E-state index in [4.69, 9.17) is 0 Å². The maximum absolute atomic E-state index is 9.31. The van der Waals surface area contributed by atoms with Gasteiger partial charge >= 0.3 is 0 Å². The van der Waals surface area contributed by atoms with Crippen LogP contribution in [-0.4, -0.2) is 48.1 Å². The van der Waals surface area contributed by atoms with Gasteiger partial charge in [0.15, 0.2) is 0 Å². The highest BCUT2D eigenvalue weighted by Crippen LogP contribution is 2.27. The normalized spacial score (nSPS) is 34.2. The molecule has 1 fully saturated rings. The van der Waals surface area contributed by atoms with Crippen molar-refractivity contribution in [2.45, 2.75) is 32.0 Å². The Morgan fingerprint density at radius 2 is 2.23 bits per heavy atom. The molecule has 78 valence electrons. The Hall–Kier alpha value is 0.350. The van der Waals surface area contributed by atoms with E-state index in [1.807, 2.05) is 6.92 Å². The Morgan fingerprint density at radius 3 is 2.77 bits per heavy atom. The number of hydrogen-bond donors (Lipinski definition) is 1. The minimum atomic E-state index is -0.175. The van der Waals surface area contributed by atoms with Crippen molar-refractivity contribution in [3.8, 4) is 0 Å². The van der Waals surface area contributed by atoms with Gasteiger partial charge in [0.05, 0.1) is 6.10 Å². The zero-order valence-corrected chi connectivity index (χ0v) is 9.95. The second kappa shape index (κ2) is 5.29. The third kappa shape index (κ3) is 3.93. The van der Waals surface area contributed by atoms with Gasteiger partial charge in [-0.05, 0) is 31.6 Å². The van der Waals surface area contributed by atoms with E-state index >= 15 is 0 Å². The molecule has 1 rings (SSSR count). The van der Waals surface area contributed by atoms with Crippen molar-refractivity contribution in [1.82, 2.24) is 4.90 Å². The minimum Gasteiger partial charge on any atom is -0.392 e. The summed E-state index contributed by atoms with van der Waals surface area (Å²) in [6.45, 7) is 9.72. The van der Waals surface area contributed by atoms with Crippen LogP contribution in [0.4, 0.5) is 0 Å². The third-order valence-corrected chi connectivity index (χ3v) is 3.90. The summed E-state index contributed by atoms with van der Waals surface area (Å²) >= 11 is 0. The lowest BCUT2D eigenvalue weighted by molar-refractivity contribution is 0.100. The van der Waals surface area contributed by atoms with Gasteiger partial charge in [-0.2, -0.15) is 0 Å². The van der Waals surface area contributed by atoms with Crippen LogP contribution in [0.1, 0.15) is 20.3 Å². The SMILES string of the molecule is CPC1CC(C)CN(CC(C)O)C1. The number of β-amino-alcohol motifs (C(OH)–C–C–N with tert-alkyl or cyclic N) is 1. The smallest absolute Gasteiger partial charge is 0.0639 e. The summed E-state index contributed by atoms with van der Waals surface area (Å²) in [5, 5.41) is 9.31. The monoisotopic (exact) mass is 203 g/mol. The van der Waals surface area contributed by atoms with Crippen LogP contribution in [0.5, 0.6) is 0 Å². The summed E-state index contributed by atoms with van der Waals surface area (Å²) in [5.41, 5.74) is 0.877. The molecule has 1 aliphatic heterocycles. The Kier molecular flexibility index (Phi) is 4.64. The number of rotatable bonds is 3. The molecule has 2 nitrogen and oxygen atoms in total. The topological polar surface area (TPSA) is 23.5 Å². The average Bonchev–Trinajstić information content (AvgIpc) is 2.01. The largest absolute Gasteiger partial charge is 0.392 e. The van der Waals surface area contributed by atoms with Gasteiger partial charge in [0.2, 0.25) is 0 Å². The predicted molar refractivity (Wildman–Crippen MR) is 59.9 cm³/mol. The van der Waals surface area contributed by atoms with Crippen molar-refractivity contribution in [2.75, 3.05) is 26.3 Å². The molecule has 0 aromatic rings. The number of hydrogen-bond acceptors (Lipinski definition) is 2. The molecular formula is C10H22NOP. The molecule has 1 aliphatic rings. The van der Waals surface area contributed by atoms with Crippen LogP contribution < -0.4 is 0 Å². The van der Waals surface area contributed by atoms with Crippen LogP contribution in [0.25, 0.3) is 0 Å². The highest BCUT2D eigenvalue weighted by Gasteiger charge is 2.23. The molecule has 0 spiro atoms. The molecule has 4 unspecified atom stereocenters. The molecule has 0 saturated carbocycles. The van der Waals surface area contributed by atoms with Gasteiger partial charge in [-0.15, -0.1) is 8.58 Å². The quantitative estimate of drug-likeness (QED) is 0.701. The molecule has 1 N–H and O–H groups in total. The summed E-state index contributed by atoms with van der Waals surface area (Å²) < 4.78 is 0. The summed E-state index contributed by atoms with van der Waals surface area (Å²) in [7, 11) is 1.05. The molecule has 0 aromatic carbocycles. The van der Waals surface area contributed by atoms with Gasteiger partial charge in [-0.1, -0.05) is 6.92 Å². The second-order valence-electron chi connectivity index (χ2n) is 4.39. The van der Waals surface area contributed by atoms with Crippen LogP contribution in [0.3, 0.4) is 0 Å². The lowest BCUT2D eigenvalue weighted by Gasteiger charge is -2.36. The zero-order chi connectivity index (χ0) is 9.84. The number of aliphatic hydroxyl groups is 1. The highest BCUT2D eigenvalue weighted by molar-refractivity contribution is 7.37. The van der Waals surface area contributed by atoms with Gasteiger partial charge in [0.1, 0.15) is 0 Å². The van der Waals surface area contributed by atoms with E-state index in [-0.39, 0.29) is 6.10 Å². The second-order valence-corrected chi connectivity index (χ2v) is 5.79. The summed E-state index contributed by atoms with van der Waals surface area (Å²) in [6.07, 6.45) is 1.21. The van der Waals surface area contributed by atoms with E-state index in [0.29, 0.717) is 0 Å². The van der Waals surface area contributed by atoms with Crippen LogP contribution >= 0.6 is 8.58 Å². The van der Waals surface area contributed by atoms with Crippen LogP contribution in [0.15, 0.2) is 0 Å². The van der Waals surface area contributed by atoms with Gasteiger partial charge in [-0.25, -0.2) is 0 Å². The standard InChI is InChI=1S/C10H22NOP/c1-8-4-10(13-3)7-11(5-8)6-9(2)12/h8-10,12-13H,4-7H2,1-3H3. The fourth-order valence-electron chi connectivity index (χ4n) is 2.19. The molecule has 13 heavy (non-hydrogen) atoms. The van der Waals surface area contributed by atoms with Crippen molar-refractivity contribution in [1.29, 1.82) is 0 Å². The van der Waals surface area contributed by atoms with Crippen LogP contribution in [0.2, 0.25) is 0 Å². The van der Waals surface area contributed by atoms with Crippen LogP contribution in [-0.2, 0) is 0 Å². The Morgan fingerprint density at radius 1 is 1.54 bits per heavy atom. The highest BCUT2D eigenvalue weighted by atomic mass is 31.1. The first-order chi connectivity index (χ1) is 6.11. The molecule has 0 aliphatic carbocycles. The van der Waals surface area contributed by atoms with Gasteiger partial charge in [0, 0.05) is 19.6 Å². The average molecular weight is 203 g/mol. The van der Waals surface area contributed by atoms with E-state index in [9.17, 15) is 5.11 Å². The number of nitrogens with zero attached hydrogens (tertiary/aromatic N) is 1. The fraction of sp³-hybridized carbons (Fsp3) is 1.00. The maximum atomic E-state index is 9.31. The number of likely N-dealkylation sites (tertiary alicyclic amines) is 1. The molecule has 1 heterocycles. The summed E-state index contributed by atoms with van der Waals surface area (Å²) in [5.74, 6) is 0.810. The van der Waals surface area contributed by atoms with Gasteiger partial charge in [0.25, 0.3) is 0 Å². The van der Waals surface area contributed by atoms with Crippen molar-refractivity contribution >= 4 is 8.58 Å². The number of aliphatic hydroxyl groups excluding tert-OH is 1. The molecular weight excluding hydrogens is 181 g/mol. The first-order valence-corrected chi connectivity index (χ1v) is 6.77. The maximum Gasteiger partial charge on any atom is 0.0639 e. The first kappa shape index (κ1) is 11.4. The molecule has 0 radical (unpaired) electrons. The van der Waals surface area contributed by atoms with Gasteiger partial charge < -0.3 is 5.11 Å². The van der Waals surface area contributed by atoms with E-state index in [2.05, 4.69) is 18.5 Å². The Labute approximate surface area is 83.5 Å². The van der Waals surface area contributed by atoms with E-state index in [0.717, 1.165) is 26.7 Å². The fourth-order valence-corrected chi connectivity index (χ4v) is 3.27. The molecule has 0 amide bonds. The molecule has 1 saturated heterocycles. The predicted octanol–water partition coefficient (Wildman–Crippen LogP) is 1.39. The molecule has 4 atom stereocenters. The van der Waals surface area contributed by atoms with Crippen molar-refractivity contribution < 1.29 is 5.11 Å². The summed E-state index contributed by atoms with van der Waals surface area (Å²) in [4.78, 5) is 2.42. The first-order valence-electron chi connectivity index (χ1n) is 5.19. The molecule has 0 aromatic heterocycles. The van der Waals surface area contributed by atoms with E-state index in [1.165, 1.54) is 19.5 Å². The third-order valence-electron chi connectivity index (χ3n) is 2.67. The zero-order valence-electron chi connectivity index (χ0n) is 8.95. The Balaban J connectivity index is 2.37. The molecule has 0 bridgehead atoms. The van der Waals surface area contributed by atoms with E-state index < -0.39 is 0 Å². The van der Waals surface area contributed by atoms with Gasteiger partial charge in [-0.3, -0.25) is 4.90 Å². The molecule has 3 heteroatoms. The van der Waals surface area contributed by atoms with Crippen LogP contribution in [0, 0.1) is 5.92 Å². The lowest BCUT2D eigenvalue weighted by Crippen LogP contribution is -2.43. The summed E-state index contributed by atoms with van der Waals surface area (Å²) in [6, 6.07) is 0. The Bertz CT molecular complexity index is 150. The van der Waals surface area contributed by atoms with Crippen molar-refractivity contribution in [3.05, 3.63) is 0 Å². The number of piperidine rings is 1. The van der Waals surface area contributed by atoms with E-state index in [1.54, 1.807) is 0 Å². The van der Waals surface area contributed by atoms with Crippen molar-refractivity contribution in [2.24, 2.45) is 5.92 Å². The minimum absolute atomic E-state index is 0.175. The lowest BCUT2D eigenvalue weighted by atomic mass is 9.99.